The lowest BCUT2D eigenvalue weighted by atomic mass is 10.00. The monoisotopic (exact) mass is 549 g/mol. The van der Waals surface area contributed by atoms with Crippen LogP contribution in [0.1, 0.15) is 53.0 Å². The van der Waals surface area contributed by atoms with E-state index in [2.05, 4.69) is 29.2 Å². The SMILES string of the molecule is CC(C)C[C@@H](CC(=O)Nc1ccc(-c2ccccc2S(=O)(=O)NC(C)(C)C)cc1)Nc1cccc(C(=N)N)c1. The number of carbonyl (C=O) groups excluding carboxylic acids is 1. The van der Waals surface area contributed by atoms with E-state index in [9.17, 15) is 13.2 Å². The van der Waals surface area contributed by atoms with Gasteiger partial charge in [0.15, 0.2) is 0 Å². The third-order valence-electron chi connectivity index (χ3n) is 5.83. The van der Waals surface area contributed by atoms with Crippen molar-refractivity contribution in [2.75, 3.05) is 10.6 Å². The molecule has 1 atom stereocenters. The van der Waals surface area contributed by atoms with E-state index in [1.54, 1.807) is 81.4 Å². The zero-order chi connectivity index (χ0) is 28.8. The second-order valence-corrected chi connectivity index (χ2v) is 12.8. The van der Waals surface area contributed by atoms with Crippen LogP contribution in [0.4, 0.5) is 11.4 Å². The predicted octanol–water partition coefficient (Wildman–Crippen LogP) is 5.57. The van der Waals surface area contributed by atoms with Gasteiger partial charge in [0.2, 0.25) is 15.9 Å². The minimum absolute atomic E-state index is 0.00839. The molecule has 1 amide bonds. The molecule has 0 aliphatic carbocycles. The Morgan fingerprint density at radius 2 is 1.62 bits per heavy atom. The number of rotatable bonds is 11. The zero-order valence-corrected chi connectivity index (χ0v) is 24.0. The molecular formula is C30H39N5O3S. The Labute approximate surface area is 232 Å². The van der Waals surface area contributed by atoms with E-state index in [1.165, 1.54) is 0 Å². The molecule has 3 aromatic rings. The first-order valence-electron chi connectivity index (χ1n) is 13.0. The fourth-order valence-corrected chi connectivity index (χ4v) is 5.99. The van der Waals surface area contributed by atoms with Gasteiger partial charge in [-0.2, -0.15) is 0 Å². The molecule has 3 rings (SSSR count). The fourth-order valence-electron chi connectivity index (χ4n) is 4.34. The summed E-state index contributed by atoms with van der Waals surface area (Å²) in [5.74, 6) is 0.224. The van der Waals surface area contributed by atoms with Gasteiger partial charge in [0.25, 0.3) is 0 Å². The van der Waals surface area contributed by atoms with E-state index in [4.69, 9.17) is 11.1 Å². The second kappa shape index (κ2) is 12.4. The Kier molecular flexibility index (Phi) is 9.53. The van der Waals surface area contributed by atoms with Crippen LogP contribution in [0.3, 0.4) is 0 Å². The Hall–Kier alpha value is -3.69. The molecule has 0 aliphatic rings. The van der Waals surface area contributed by atoms with Gasteiger partial charge in [-0.15, -0.1) is 0 Å². The highest BCUT2D eigenvalue weighted by Gasteiger charge is 2.25. The summed E-state index contributed by atoms with van der Waals surface area (Å²) in [6, 6.07) is 21.2. The molecule has 6 N–H and O–H groups in total. The Bertz CT molecular complexity index is 1410. The van der Waals surface area contributed by atoms with E-state index >= 15 is 0 Å². The molecule has 8 nitrogen and oxygen atoms in total. The van der Waals surface area contributed by atoms with Crippen LogP contribution in [0.25, 0.3) is 11.1 Å². The maximum Gasteiger partial charge on any atom is 0.241 e. The van der Waals surface area contributed by atoms with Crippen molar-refractivity contribution >= 4 is 33.1 Å². The van der Waals surface area contributed by atoms with Gasteiger partial charge in [0.1, 0.15) is 5.84 Å². The number of sulfonamides is 1. The van der Waals surface area contributed by atoms with Crippen molar-refractivity contribution < 1.29 is 13.2 Å². The van der Waals surface area contributed by atoms with Gasteiger partial charge in [0.05, 0.1) is 4.90 Å². The summed E-state index contributed by atoms with van der Waals surface area (Å²) in [4.78, 5) is 13.2. The number of benzene rings is 3. The highest BCUT2D eigenvalue weighted by molar-refractivity contribution is 7.89. The number of nitrogens with two attached hydrogens (primary N) is 1. The van der Waals surface area contributed by atoms with Crippen LogP contribution < -0.4 is 21.1 Å². The van der Waals surface area contributed by atoms with Crippen LogP contribution in [0.2, 0.25) is 0 Å². The summed E-state index contributed by atoms with van der Waals surface area (Å²) in [6.07, 6.45) is 1.04. The lowest BCUT2D eigenvalue weighted by molar-refractivity contribution is -0.116. The van der Waals surface area contributed by atoms with Crippen molar-refractivity contribution in [1.29, 1.82) is 5.41 Å². The average molecular weight is 550 g/mol. The van der Waals surface area contributed by atoms with Gasteiger partial charge >= 0.3 is 0 Å². The zero-order valence-electron chi connectivity index (χ0n) is 23.2. The van der Waals surface area contributed by atoms with Gasteiger partial charge in [-0.25, -0.2) is 13.1 Å². The molecule has 9 heteroatoms. The highest BCUT2D eigenvalue weighted by atomic mass is 32.2. The van der Waals surface area contributed by atoms with Crippen molar-refractivity contribution in [2.45, 2.75) is 63.9 Å². The molecule has 3 aromatic carbocycles. The number of amides is 1. The molecule has 0 heterocycles. The molecule has 39 heavy (non-hydrogen) atoms. The molecule has 0 aromatic heterocycles. The molecule has 0 fully saturated rings. The van der Waals surface area contributed by atoms with Crippen molar-refractivity contribution in [1.82, 2.24) is 4.72 Å². The lowest BCUT2D eigenvalue weighted by Gasteiger charge is -2.22. The highest BCUT2D eigenvalue weighted by Crippen LogP contribution is 2.29. The molecule has 0 saturated carbocycles. The summed E-state index contributed by atoms with van der Waals surface area (Å²) in [5.41, 5.74) is 8.37. The van der Waals surface area contributed by atoms with Gasteiger partial charge in [-0.05, 0) is 69.0 Å². The van der Waals surface area contributed by atoms with Crippen LogP contribution in [0.5, 0.6) is 0 Å². The molecule has 0 radical (unpaired) electrons. The van der Waals surface area contributed by atoms with E-state index in [0.717, 1.165) is 17.7 Å². The molecule has 208 valence electrons. The van der Waals surface area contributed by atoms with Gasteiger partial charge in [-0.1, -0.05) is 56.3 Å². The number of amidine groups is 1. The largest absolute Gasteiger partial charge is 0.384 e. The Morgan fingerprint density at radius 3 is 2.23 bits per heavy atom. The summed E-state index contributed by atoms with van der Waals surface area (Å²) >= 11 is 0. The Balaban J connectivity index is 1.73. The van der Waals surface area contributed by atoms with Gasteiger partial charge < -0.3 is 16.4 Å². The van der Waals surface area contributed by atoms with Gasteiger partial charge in [-0.3, -0.25) is 10.2 Å². The number of hydrogen-bond donors (Lipinski definition) is 5. The summed E-state index contributed by atoms with van der Waals surface area (Å²) in [5, 5.41) is 14.0. The molecule has 0 aliphatic heterocycles. The first kappa shape index (κ1) is 29.9. The molecular weight excluding hydrogens is 510 g/mol. The lowest BCUT2D eigenvalue weighted by Crippen LogP contribution is -2.40. The van der Waals surface area contributed by atoms with E-state index < -0.39 is 15.6 Å². The van der Waals surface area contributed by atoms with E-state index in [-0.39, 0.29) is 29.1 Å². The standard InChI is InChI=1S/C30H39N5O3S/c1-20(2)17-25(33-24-10-8-9-22(18-24)29(31)32)19-28(36)34-23-15-13-21(14-16-23)26-11-6-7-12-27(26)39(37,38)35-30(3,4)5/h6-16,18,20,25,33,35H,17,19H2,1-5H3,(H3,31,32)(H,34,36)/t25-/m0/s1. The molecule has 0 bridgehead atoms. The minimum Gasteiger partial charge on any atom is -0.384 e. The summed E-state index contributed by atoms with van der Waals surface area (Å²) < 4.78 is 28.8. The first-order valence-corrected chi connectivity index (χ1v) is 14.5. The summed E-state index contributed by atoms with van der Waals surface area (Å²) in [7, 11) is -3.73. The number of carbonyl (C=O) groups is 1. The topological polar surface area (TPSA) is 137 Å². The minimum atomic E-state index is -3.73. The second-order valence-electron chi connectivity index (χ2n) is 11.1. The maximum absolute atomic E-state index is 13.0. The van der Waals surface area contributed by atoms with Crippen LogP contribution in [0.15, 0.2) is 77.7 Å². The normalized spacial score (nSPS) is 12.7. The van der Waals surface area contributed by atoms with Crippen LogP contribution in [0, 0.1) is 11.3 Å². The van der Waals surface area contributed by atoms with Crippen molar-refractivity contribution in [3.8, 4) is 11.1 Å². The predicted molar refractivity (Wildman–Crippen MR) is 160 cm³/mol. The molecule has 0 unspecified atom stereocenters. The smallest absolute Gasteiger partial charge is 0.241 e. The van der Waals surface area contributed by atoms with Crippen molar-refractivity contribution in [3.63, 3.8) is 0 Å². The van der Waals surface area contributed by atoms with Crippen LogP contribution in [-0.4, -0.2) is 31.7 Å². The average Bonchev–Trinajstić information content (AvgIpc) is 2.83. The van der Waals surface area contributed by atoms with Crippen LogP contribution in [-0.2, 0) is 14.8 Å². The fraction of sp³-hybridized carbons (Fsp3) is 0.333. The molecule has 0 saturated heterocycles. The number of nitrogen functional groups attached to an aromatic ring is 1. The van der Waals surface area contributed by atoms with Gasteiger partial charge in [0, 0.05) is 40.5 Å². The number of nitrogens with one attached hydrogen (secondary N) is 4. The Morgan fingerprint density at radius 1 is 0.949 bits per heavy atom. The third kappa shape index (κ3) is 8.94. The van der Waals surface area contributed by atoms with Crippen molar-refractivity contribution in [2.24, 2.45) is 11.7 Å². The maximum atomic E-state index is 13.0. The molecule has 0 spiro atoms. The van der Waals surface area contributed by atoms with Crippen molar-refractivity contribution in [3.05, 3.63) is 78.4 Å². The van der Waals surface area contributed by atoms with E-state index in [0.29, 0.717) is 22.7 Å². The number of anilines is 2. The first-order chi connectivity index (χ1) is 18.2. The van der Waals surface area contributed by atoms with E-state index in [1.807, 2.05) is 12.1 Å². The van der Waals surface area contributed by atoms with Crippen LogP contribution >= 0.6 is 0 Å². The summed E-state index contributed by atoms with van der Waals surface area (Å²) in [6.45, 7) is 9.61. The number of hydrogen-bond acceptors (Lipinski definition) is 5. The quantitative estimate of drug-likeness (QED) is 0.157. The third-order valence-corrected chi connectivity index (χ3v) is 7.64.